The number of amides is 2. The Balaban J connectivity index is 1.28. The molecule has 0 spiro atoms. The molecule has 0 radical (unpaired) electrons. The van der Waals surface area contributed by atoms with E-state index in [0.29, 0.717) is 64.5 Å². The van der Waals surface area contributed by atoms with Gasteiger partial charge >= 0.3 is 0 Å². The van der Waals surface area contributed by atoms with Crippen molar-refractivity contribution in [2.45, 2.75) is 25.3 Å². The molecule has 2 heterocycles. The molecular weight excluding hydrogens is 380 g/mol. The molecule has 1 aromatic rings. The van der Waals surface area contributed by atoms with Crippen LogP contribution in [0.5, 0.6) is 0 Å². The Bertz CT molecular complexity index is 776. The average Bonchev–Trinajstić information content (AvgIpc) is 3.56. The summed E-state index contributed by atoms with van der Waals surface area (Å²) in [6.45, 7) is 6.85. The molecule has 1 aromatic carbocycles. The van der Waals surface area contributed by atoms with Crippen molar-refractivity contribution in [3.8, 4) is 0 Å². The van der Waals surface area contributed by atoms with Gasteiger partial charge in [0.2, 0.25) is 11.8 Å². The zero-order valence-electron chi connectivity index (χ0n) is 16.7. The molecule has 3 aliphatic rings. The largest absolute Gasteiger partial charge is 0.378 e. The van der Waals surface area contributed by atoms with E-state index in [1.807, 2.05) is 16.7 Å². The van der Waals surface area contributed by atoms with E-state index in [1.165, 1.54) is 6.07 Å². The Kier molecular flexibility index (Phi) is 5.83. The molecular formula is C21H27F2N3O3. The van der Waals surface area contributed by atoms with Crippen molar-refractivity contribution >= 4 is 11.8 Å². The van der Waals surface area contributed by atoms with Crippen LogP contribution in [0.4, 0.5) is 8.78 Å². The normalized spacial score (nSPS) is 26.3. The summed E-state index contributed by atoms with van der Waals surface area (Å²) in [5, 5.41) is 0. The molecule has 0 bridgehead atoms. The summed E-state index contributed by atoms with van der Waals surface area (Å²) in [5.41, 5.74) is 0.686. The first-order valence-electron chi connectivity index (χ1n) is 10.3. The third-order valence-electron chi connectivity index (χ3n) is 6.33. The van der Waals surface area contributed by atoms with Crippen molar-refractivity contribution in [1.82, 2.24) is 14.7 Å². The molecule has 2 aliphatic heterocycles. The Morgan fingerprint density at radius 1 is 1.00 bits per heavy atom. The monoisotopic (exact) mass is 407 g/mol. The van der Waals surface area contributed by atoms with Gasteiger partial charge in [-0.15, -0.1) is 0 Å². The second kappa shape index (κ2) is 8.36. The number of hydrogen-bond acceptors (Lipinski definition) is 4. The van der Waals surface area contributed by atoms with Gasteiger partial charge in [0.1, 0.15) is 0 Å². The van der Waals surface area contributed by atoms with Gasteiger partial charge in [0.25, 0.3) is 0 Å². The number of morpholine rings is 1. The molecule has 3 fully saturated rings. The molecule has 158 valence electrons. The maximum atomic E-state index is 13.5. The molecule has 0 N–H and O–H groups in total. The molecule has 1 aliphatic carbocycles. The van der Waals surface area contributed by atoms with E-state index in [4.69, 9.17) is 4.74 Å². The molecule has 29 heavy (non-hydrogen) atoms. The fourth-order valence-electron chi connectivity index (χ4n) is 4.35. The predicted molar refractivity (Wildman–Crippen MR) is 102 cm³/mol. The third-order valence-corrected chi connectivity index (χ3v) is 6.33. The number of carbonyl (C=O) groups is 2. The minimum atomic E-state index is -0.867. The molecule has 6 nitrogen and oxygen atoms in total. The van der Waals surface area contributed by atoms with E-state index >= 15 is 0 Å². The second-order valence-electron chi connectivity index (χ2n) is 8.10. The Labute approximate surface area is 169 Å². The van der Waals surface area contributed by atoms with E-state index in [1.54, 1.807) is 6.07 Å². The van der Waals surface area contributed by atoms with Gasteiger partial charge in [-0.2, -0.15) is 0 Å². The molecule has 8 heteroatoms. The molecule has 4 rings (SSSR count). The molecule has 3 atom stereocenters. The lowest BCUT2D eigenvalue weighted by Gasteiger charge is -2.39. The van der Waals surface area contributed by atoms with Gasteiger partial charge in [-0.25, -0.2) is 8.78 Å². The van der Waals surface area contributed by atoms with Gasteiger partial charge in [-0.1, -0.05) is 6.07 Å². The zero-order chi connectivity index (χ0) is 20.5. The van der Waals surface area contributed by atoms with Crippen molar-refractivity contribution in [2.24, 2.45) is 5.92 Å². The molecule has 1 saturated carbocycles. The summed E-state index contributed by atoms with van der Waals surface area (Å²) >= 11 is 0. The van der Waals surface area contributed by atoms with Crippen LogP contribution in [0.1, 0.15) is 24.8 Å². The molecule has 2 saturated heterocycles. The Morgan fingerprint density at radius 3 is 2.34 bits per heavy atom. The lowest BCUT2D eigenvalue weighted by molar-refractivity contribution is -0.142. The van der Waals surface area contributed by atoms with Crippen LogP contribution in [0.25, 0.3) is 0 Å². The first-order valence-corrected chi connectivity index (χ1v) is 10.3. The summed E-state index contributed by atoms with van der Waals surface area (Å²) in [4.78, 5) is 31.3. The molecule has 0 aromatic heterocycles. The summed E-state index contributed by atoms with van der Waals surface area (Å²) in [6.07, 6.45) is 0.677. The highest BCUT2D eigenvalue weighted by Gasteiger charge is 2.46. The minimum Gasteiger partial charge on any atom is -0.378 e. The van der Waals surface area contributed by atoms with E-state index in [0.717, 1.165) is 6.07 Å². The maximum Gasteiger partial charge on any atom is 0.239 e. The third kappa shape index (κ3) is 4.28. The summed E-state index contributed by atoms with van der Waals surface area (Å²) in [5.74, 6) is -1.72. The number of piperazine rings is 1. The van der Waals surface area contributed by atoms with Crippen molar-refractivity contribution in [3.05, 3.63) is 35.4 Å². The fraction of sp³-hybridized carbons (Fsp3) is 0.619. The number of carbonyl (C=O) groups excluding carboxylic acids is 2. The highest BCUT2D eigenvalue weighted by molar-refractivity contribution is 5.83. The van der Waals surface area contributed by atoms with E-state index in [2.05, 4.69) is 4.90 Å². The van der Waals surface area contributed by atoms with Crippen LogP contribution in [0.3, 0.4) is 0 Å². The first kappa shape index (κ1) is 20.2. The molecule has 2 amide bonds. The number of hydrogen-bond donors (Lipinski definition) is 0. The van der Waals surface area contributed by atoms with Gasteiger partial charge in [0, 0.05) is 45.2 Å². The van der Waals surface area contributed by atoms with Crippen molar-refractivity contribution < 1.29 is 23.1 Å². The lowest BCUT2D eigenvalue weighted by atomic mass is 10.1. The first-order chi connectivity index (χ1) is 14.0. The standard InChI is InChI=1S/C21H27F2N3O3/c1-14(20(27)26-8-10-29-11-9-26)24-4-6-25(7-5-24)21(28)17-13-16(17)15-2-3-18(22)19(23)12-15/h2-3,12,14,16-17H,4-11,13H2,1H3. The highest BCUT2D eigenvalue weighted by Crippen LogP contribution is 2.48. The van der Waals surface area contributed by atoms with Crippen LogP contribution < -0.4 is 0 Å². The van der Waals surface area contributed by atoms with Crippen LogP contribution in [-0.4, -0.2) is 85.0 Å². The fourth-order valence-corrected chi connectivity index (χ4v) is 4.35. The summed E-state index contributed by atoms with van der Waals surface area (Å²) in [6, 6.07) is 3.68. The topological polar surface area (TPSA) is 53.1 Å². The van der Waals surface area contributed by atoms with Gasteiger partial charge < -0.3 is 14.5 Å². The quantitative estimate of drug-likeness (QED) is 0.759. The van der Waals surface area contributed by atoms with Crippen LogP contribution in [-0.2, 0) is 14.3 Å². The van der Waals surface area contributed by atoms with E-state index in [-0.39, 0.29) is 29.7 Å². The number of ether oxygens (including phenoxy) is 1. The summed E-state index contributed by atoms with van der Waals surface area (Å²) in [7, 11) is 0. The number of nitrogens with zero attached hydrogens (tertiary/aromatic N) is 3. The lowest BCUT2D eigenvalue weighted by Crippen LogP contribution is -2.56. The maximum absolute atomic E-state index is 13.5. The van der Waals surface area contributed by atoms with Crippen molar-refractivity contribution in [2.75, 3.05) is 52.5 Å². The van der Waals surface area contributed by atoms with Gasteiger partial charge in [0.15, 0.2) is 11.6 Å². The zero-order valence-corrected chi connectivity index (χ0v) is 16.7. The van der Waals surface area contributed by atoms with Crippen molar-refractivity contribution in [3.63, 3.8) is 0 Å². The Morgan fingerprint density at radius 2 is 1.69 bits per heavy atom. The summed E-state index contributed by atoms with van der Waals surface area (Å²) < 4.78 is 31.9. The molecule has 3 unspecified atom stereocenters. The number of benzene rings is 1. The number of halogens is 2. The average molecular weight is 407 g/mol. The minimum absolute atomic E-state index is 0.0301. The van der Waals surface area contributed by atoms with Crippen LogP contribution in [0.2, 0.25) is 0 Å². The van der Waals surface area contributed by atoms with E-state index < -0.39 is 11.6 Å². The van der Waals surface area contributed by atoms with Crippen molar-refractivity contribution in [1.29, 1.82) is 0 Å². The van der Waals surface area contributed by atoms with Gasteiger partial charge in [0.05, 0.1) is 19.3 Å². The smallest absolute Gasteiger partial charge is 0.239 e. The number of rotatable bonds is 4. The highest BCUT2D eigenvalue weighted by atomic mass is 19.2. The van der Waals surface area contributed by atoms with Crippen LogP contribution >= 0.6 is 0 Å². The predicted octanol–water partition coefficient (Wildman–Crippen LogP) is 1.46. The van der Waals surface area contributed by atoms with Gasteiger partial charge in [-0.3, -0.25) is 14.5 Å². The second-order valence-corrected chi connectivity index (χ2v) is 8.10. The Hall–Kier alpha value is -2.06. The van der Waals surface area contributed by atoms with Crippen LogP contribution in [0, 0.1) is 17.6 Å². The van der Waals surface area contributed by atoms with E-state index in [9.17, 15) is 18.4 Å². The SMILES string of the molecule is CC(C(=O)N1CCOCC1)N1CCN(C(=O)C2CC2c2ccc(F)c(F)c2)CC1. The van der Waals surface area contributed by atoms with Gasteiger partial charge in [-0.05, 0) is 37.0 Å². The van der Waals surface area contributed by atoms with Crippen LogP contribution in [0.15, 0.2) is 18.2 Å².